The Labute approximate surface area is 92.6 Å². The summed E-state index contributed by atoms with van der Waals surface area (Å²) in [6.07, 6.45) is 12.5. The average Bonchev–Trinajstić information content (AvgIpc) is 2.23. The Balaban J connectivity index is 3.33. The topological polar surface area (TPSA) is 0 Å². The summed E-state index contributed by atoms with van der Waals surface area (Å²) in [6, 6.07) is 7.19. The van der Waals surface area contributed by atoms with Gasteiger partial charge in [0.05, 0.1) is 0 Å². The second-order valence-electron chi connectivity index (χ2n) is 3.28. The van der Waals surface area contributed by atoms with Gasteiger partial charge in [-0.25, -0.2) is 0 Å². The molecule has 0 unspecified atom stereocenters. The zero-order valence-electron chi connectivity index (χ0n) is 9.62. The van der Waals surface area contributed by atoms with Crippen LogP contribution in [0.4, 0.5) is 0 Å². The molecule has 0 heteroatoms. The number of hydrogen-bond acceptors (Lipinski definition) is 0. The highest BCUT2D eigenvalue weighted by Gasteiger charge is 1.99. The molecular weight excluding hydrogens is 180 g/mol. The summed E-state index contributed by atoms with van der Waals surface area (Å²) in [5.41, 5.74) is 3.69. The maximum absolute atomic E-state index is 3.16. The molecule has 0 aromatic heterocycles. The van der Waals surface area contributed by atoms with E-state index in [4.69, 9.17) is 0 Å². The van der Waals surface area contributed by atoms with Crippen LogP contribution >= 0.6 is 0 Å². The molecule has 1 radical (unpaired) electrons. The molecule has 77 valence electrons. The van der Waals surface area contributed by atoms with Crippen molar-refractivity contribution in [3.63, 3.8) is 0 Å². The number of benzene rings is 1. The van der Waals surface area contributed by atoms with Crippen LogP contribution in [0.1, 0.15) is 37.5 Å². The third-order valence-electron chi connectivity index (χ3n) is 2.13. The molecule has 0 atom stereocenters. The van der Waals surface area contributed by atoms with Crippen LogP contribution in [-0.2, 0) is 0 Å². The predicted octanol–water partition coefficient (Wildman–Crippen LogP) is 4.59. The molecule has 0 amide bonds. The summed E-state index contributed by atoms with van der Waals surface area (Å²) >= 11 is 0. The molecule has 0 nitrogen and oxygen atoms in total. The van der Waals surface area contributed by atoms with E-state index in [9.17, 15) is 0 Å². The van der Waals surface area contributed by atoms with Gasteiger partial charge in [0.1, 0.15) is 0 Å². The Morgan fingerprint density at radius 2 is 1.27 bits per heavy atom. The van der Waals surface area contributed by atoms with E-state index in [0.717, 1.165) is 0 Å². The normalized spacial score (nSPS) is 12.2. The summed E-state index contributed by atoms with van der Waals surface area (Å²) in [5.74, 6) is 0. The van der Waals surface area contributed by atoms with Crippen LogP contribution in [0.25, 0.3) is 18.2 Å². The van der Waals surface area contributed by atoms with E-state index >= 15 is 0 Å². The molecule has 0 aliphatic rings. The third-order valence-corrected chi connectivity index (χ3v) is 2.13. The zero-order valence-corrected chi connectivity index (χ0v) is 9.62. The molecule has 0 saturated carbocycles. The van der Waals surface area contributed by atoms with E-state index in [2.05, 4.69) is 42.5 Å². The van der Waals surface area contributed by atoms with Crippen molar-refractivity contribution in [1.82, 2.24) is 0 Å². The number of hydrogen-bond donors (Lipinski definition) is 0. The number of rotatable bonds is 3. The van der Waals surface area contributed by atoms with Crippen molar-refractivity contribution < 1.29 is 0 Å². The van der Waals surface area contributed by atoms with E-state index in [1.165, 1.54) is 16.7 Å². The van der Waals surface area contributed by atoms with Crippen molar-refractivity contribution in [1.29, 1.82) is 0 Å². The lowest BCUT2D eigenvalue weighted by Gasteiger charge is -2.05. The molecule has 0 N–H and O–H groups in total. The minimum Gasteiger partial charge on any atom is -0.0870 e. The molecule has 1 rings (SSSR count). The van der Waals surface area contributed by atoms with Gasteiger partial charge in [0.25, 0.3) is 0 Å². The molecule has 0 aliphatic carbocycles. The van der Waals surface area contributed by atoms with Crippen LogP contribution in [0.3, 0.4) is 0 Å². The van der Waals surface area contributed by atoms with Crippen molar-refractivity contribution in [3.8, 4) is 0 Å². The van der Waals surface area contributed by atoms with E-state index < -0.39 is 0 Å². The first-order valence-corrected chi connectivity index (χ1v) is 5.25. The minimum absolute atomic E-state index is 1.21. The van der Waals surface area contributed by atoms with Gasteiger partial charge in [-0.1, -0.05) is 36.5 Å². The van der Waals surface area contributed by atoms with Gasteiger partial charge in [0.2, 0.25) is 0 Å². The molecule has 0 bridgehead atoms. The first kappa shape index (κ1) is 11.5. The summed E-state index contributed by atoms with van der Waals surface area (Å²) in [6.45, 7) is 6.10. The van der Waals surface area contributed by atoms with Gasteiger partial charge >= 0.3 is 0 Å². The fraction of sp³-hybridized carbons (Fsp3) is 0.200. The second-order valence-corrected chi connectivity index (χ2v) is 3.28. The van der Waals surface area contributed by atoms with Crippen molar-refractivity contribution in [3.05, 3.63) is 53.1 Å². The fourth-order valence-corrected chi connectivity index (χ4v) is 1.54. The molecule has 0 spiro atoms. The Morgan fingerprint density at radius 1 is 0.800 bits per heavy atom. The van der Waals surface area contributed by atoms with E-state index in [0.29, 0.717) is 0 Å². The van der Waals surface area contributed by atoms with Crippen molar-refractivity contribution in [2.75, 3.05) is 0 Å². The Hall–Kier alpha value is -1.56. The van der Waals surface area contributed by atoms with Gasteiger partial charge in [-0.15, -0.1) is 0 Å². The second kappa shape index (κ2) is 6.02. The highest BCUT2D eigenvalue weighted by molar-refractivity contribution is 5.73. The smallest absolute Gasteiger partial charge is 0.0115 e. The van der Waals surface area contributed by atoms with Crippen LogP contribution < -0.4 is 0 Å². The molecule has 0 aliphatic heterocycles. The maximum Gasteiger partial charge on any atom is -0.0115 e. The van der Waals surface area contributed by atoms with Gasteiger partial charge < -0.3 is 0 Å². The van der Waals surface area contributed by atoms with Crippen LogP contribution in [0, 0.1) is 6.07 Å². The number of allylic oxidation sites excluding steroid dienone is 3. The van der Waals surface area contributed by atoms with Gasteiger partial charge in [-0.3, -0.25) is 0 Å². The Morgan fingerprint density at radius 3 is 1.67 bits per heavy atom. The van der Waals surface area contributed by atoms with E-state index in [1.54, 1.807) is 0 Å². The molecule has 1 aromatic carbocycles. The van der Waals surface area contributed by atoms with Gasteiger partial charge in [0.15, 0.2) is 0 Å². The van der Waals surface area contributed by atoms with Crippen molar-refractivity contribution in [2.24, 2.45) is 0 Å². The molecule has 15 heavy (non-hydrogen) atoms. The van der Waals surface area contributed by atoms with Gasteiger partial charge in [-0.05, 0) is 55.7 Å². The standard InChI is InChI=1S/C15H17/c1-4-8-13-11-7-12-14(9-5-2)15(13)10-6-3/h4-6,8-12H,1-3H3/b8-4-,9-5-,10-6-. The largest absolute Gasteiger partial charge is 0.0870 e. The maximum atomic E-state index is 3.16. The lowest BCUT2D eigenvalue weighted by molar-refractivity contribution is 1.54. The predicted molar refractivity (Wildman–Crippen MR) is 69.4 cm³/mol. The zero-order chi connectivity index (χ0) is 11.1. The quantitative estimate of drug-likeness (QED) is 0.665. The van der Waals surface area contributed by atoms with E-state index in [-0.39, 0.29) is 0 Å². The summed E-state index contributed by atoms with van der Waals surface area (Å²) in [7, 11) is 0. The van der Waals surface area contributed by atoms with E-state index in [1.807, 2.05) is 32.9 Å². The van der Waals surface area contributed by atoms with Crippen LogP contribution in [0.15, 0.2) is 30.4 Å². The summed E-state index contributed by atoms with van der Waals surface area (Å²) in [5, 5.41) is 0. The van der Waals surface area contributed by atoms with Crippen molar-refractivity contribution in [2.45, 2.75) is 20.8 Å². The van der Waals surface area contributed by atoms with Crippen LogP contribution in [0.5, 0.6) is 0 Å². The molecule has 0 saturated heterocycles. The van der Waals surface area contributed by atoms with Crippen molar-refractivity contribution >= 4 is 18.2 Å². The average molecular weight is 197 g/mol. The molecule has 1 aromatic rings. The molecule has 0 fully saturated rings. The van der Waals surface area contributed by atoms with Gasteiger partial charge in [0, 0.05) is 0 Å². The minimum atomic E-state index is 1.21. The third kappa shape index (κ3) is 2.95. The Bertz CT molecular complexity index is 362. The van der Waals surface area contributed by atoms with Gasteiger partial charge in [-0.2, -0.15) is 0 Å². The molecular formula is C15H17. The van der Waals surface area contributed by atoms with Crippen LogP contribution in [-0.4, -0.2) is 0 Å². The SMILES string of the molecule is C/C=C\c1c[c]cc(/C=C\C)c1/C=C\C. The fourth-order valence-electron chi connectivity index (χ4n) is 1.54. The Kier molecular flexibility index (Phi) is 4.62. The first-order valence-electron chi connectivity index (χ1n) is 5.25. The highest BCUT2D eigenvalue weighted by atomic mass is 14.0. The lowest BCUT2D eigenvalue weighted by Crippen LogP contribution is -1.85. The lowest BCUT2D eigenvalue weighted by atomic mass is 9.99. The van der Waals surface area contributed by atoms with Crippen LogP contribution in [0.2, 0.25) is 0 Å². The monoisotopic (exact) mass is 197 g/mol. The summed E-state index contributed by atoms with van der Waals surface area (Å²) < 4.78 is 0. The first-order chi connectivity index (χ1) is 7.33. The molecule has 0 heterocycles. The summed E-state index contributed by atoms with van der Waals surface area (Å²) in [4.78, 5) is 0. The highest BCUT2D eigenvalue weighted by Crippen LogP contribution is 2.19.